The number of rotatable bonds is 2. The van der Waals surface area contributed by atoms with Gasteiger partial charge in [-0.25, -0.2) is 4.39 Å². The molecule has 1 aliphatic rings. The minimum absolute atomic E-state index is 0.136. The Morgan fingerprint density at radius 1 is 1.38 bits per heavy atom. The Morgan fingerprint density at radius 2 is 2.19 bits per heavy atom. The topological polar surface area (TPSA) is 20.2 Å². The van der Waals surface area contributed by atoms with Crippen molar-refractivity contribution in [2.24, 2.45) is 5.92 Å². The monoisotopic (exact) mass is 286 g/mol. The normalized spacial score (nSPS) is 25.7. The first-order chi connectivity index (χ1) is 7.65. The van der Waals surface area contributed by atoms with E-state index in [9.17, 15) is 9.50 Å². The van der Waals surface area contributed by atoms with Crippen molar-refractivity contribution in [2.75, 3.05) is 0 Å². The van der Waals surface area contributed by atoms with Crippen LogP contribution in [-0.4, -0.2) is 11.2 Å². The highest BCUT2D eigenvalue weighted by atomic mass is 79.9. The summed E-state index contributed by atoms with van der Waals surface area (Å²) in [6, 6.07) is 5.06. The van der Waals surface area contributed by atoms with Crippen LogP contribution in [0.1, 0.15) is 31.2 Å². The predicted molar refractivity (Wildman–Crippen MR) is 65.8 cm³/mol. The molecule has 2 atom stereocenters. The van der Waals surface area contributed by atoms with Gasteiger partial charge < -0.3 is 5.11 Å². The van der Waals surface area contributed by atoms with Gasteiger partial charge in [-0.2, -0.15) is 0 Å². The Hall–Kier alpha value is -0.410. The number of benzene rings is 1. The molecule has 0 spiro atoms. The molecule has 0 aromatic heterocycles. The van der Waals surface area contributed by atoms with E-state index in [1.807, 2.05) is 6.07 Å². The fraction of sp³-hybridized carbons (Fsp3) is 0.538. The molecule has 1 nitrogen and oxygen atoms in total. The third-order valence-electron chi connectivity index (χ3n) is 3.27. The zero-order valence-corrected chi connectivity index (χ0v) is 10.7. The van der Waals surface area contributed by atoms with Gasteiger partial charge in [0.15, 0.2) is 0 Å². The van der Waals surface area contributed by atoms with E-state index in [1.54, 1.807) is 6.07 Å². The second-order valence-electron chi connectivity index (χ2n) is 4.63. The third kappa shape index (κ3) is 3.05. The van der Waals surface area contributed by atoms with Gasteiger partial charge in [-0.05, 0) is 55.4 Å². The summed E-state index contributed by atoms with van der Waals surface area (Å²) in [6.07, 6.45) is 4.42. The summed E-state index contributed by atoms with van der Waals surface area (Å²) < 4.78 is 14.5. The summed E-state index contributed by atoms with van der Waals surface area (Å²) in [5.41, 5.74) is 0.758. The predicted octanol–water partition coefficient (Wildman–Crippen LogP) is 3.68. The van der Waals surface area contributed by atoms with Crippen LogP contribution in [0.25, 0.3) is 0 Å². The Bertz CT molecular complexity index is 367. The molecular formula is C13H16BrFO. The largest absolute Gasteiger partial charge is 0.393 e. The van der Waals surface area contributed by atoms with Crippen LogP contribution in [0.15, 0.2) is 22.7 Å². The summed E-state index contributed by atoms with van der Waals surface area (Å²) >= 11 is 3.36. The molecule has 1 fully saturated rings. The van der Waals surface area contributed by atoms with Gasteiger partial charge in [0.05, 0.1) is 6.10 Å². The van der Waals surface area contributed by atoms with Gasteiger partial charge in [0.25, 0.3) is 0 Å². The highest BCUT2D eigenvalue weighted by molar-refractivity contribution is 9.10. The zero-order valence-electron chi connectivity index (χ0n) is 9.13. The second kappa shape index (κ2) is 5.28. The smallest absolute Gasteiger partial charge is 0.126 e. The summed E-state index contributed by atoms with van der Waals surface area (Å²) in [7, 11) is 0. The third-order valence-corrected chi connectivity index (χ3v) is 3.76. The van der Waals surface area contributed by atoms with Crippen LogP contribution in [0.5, 0.6) is 0 Å². The average Bonchev–Trinajstić information content (AvgIpc) is 2.24. The first-order valence-electron chi connectivity index (χ1n) is 5.77. The van der Waals surface area contributed by atoms with E-state index in [0.717, 1.165) is 42.1 Å². The first kappa shape index (κ1) is 12.1. The number of hydrogen-bond acceptors (Lipinski definition) is 1. The van der Waals surface area contributed by atoms with Gasteiger partial charge in [-0.1, -0.05) is 22.4 Å². The molecule has 0 amide bonds. The highest BCUT2D eigenvalue weighted by Gasteiger charge is 2.21. The van der Waals surface area contributed by atoms with Crippen molar-refractivity contribution in [3.05, 3.63) is 34.1 Å². The van der Waals surface area contributed by atoms with Crippen molar-refractivity contribution in [3.63, 3.8) is 0 Å². The second-order valence-corrected chi connectivity index (χ2v) is 5.54. The number of hydrogen-bond donors (Lipinski definition) is 1. The van der Waals surface area contributed by atoms with E-state index in [0.29, 0.717) is 5.92 Å². The lowest BCUT2D eigenvalue weighted by Crippen LogP contribution is -2.21. The minimum Gasteiger partial charge on any atom is -0.393 e. The molecule has 1 saturated carbocycles. The van der Waals surface area contributed by atoms with E-state index in [1.165, 1.54) is 6.07 Å². The van der Waals surface area contributed by atoms with Crippen LogP contribution in [0.3, 0.4) is 0 Å². The minimum atomic E-state index is -0.186. The standard InChI is InChI=1S/C13H16BrFO/c14-11-4-5-13(15)10(8-11)6-9-2-1-3-12(16)7-9/h4-5,8-9,12,16H,1-3,6-7H2. The van der Waals surface area contributed by atoms with E-state index in [-0.39, 0.29) is 11.9 Å². The molecule has 0 heterocycles. The number of aliphatic hydroxyl groups is 1. The molecule has 0 radical (unpaired) electrons. The van der Waals surface area contributed by atoms with Crippen molar-refractivity contribution in [1.82, 2.24) is 0 Å². The Labute approximate surface area is 104 Å². The molecule has 3 heteroatoms. The van der Waals surface area contributed by atoms with Gasteiger partial charge >= 0.3 is 0 Å². The molecule has 1 aliphatic carbocycles. The highest BCUT2D eigenvalue weighted by Crippen LogP contribution is 2.28. The van der Waals surface area contributed by atoms with Crippen molar-refractivity contribution in [2.45, 2.75) is 38.2 Å². The number of halogens is 2. The summed E-state index contributed by atoms with van der Waals surface area (Å²) in [4.78, 5) is 0. The van der Waals surface area contributed by atoms with Crippen LogP contribution in [0, 0.1) is 11.7 Å². The molecule has 16 heavy (non-hydrogen) atoms. The van der Waals surface area contributed by atoms with E-state index in [2.05, 4.69) is 15.9 Å². The molecule has 0 aliphatic heterocycles. The van der Waals surface area contributed by atoms with E-state index >= 15 is 0 Å². The van der Waals surface area contributed by atoms with Gasteiger partial charge in [0.1, 0.15) is 5.82 Å². The molecule has 0 bridgehead atoms. The lowest BCUT2D eigenvalue weighted by molar-refractivity contribution is 0.101. The summed E-state index contributed by atoms with van der Waals surface area (Å²) in [5, 5.41) is 9.58. The molecule has 88 valence electrons. The number of aliphatic hydroxyl groups excluding tert-OH is 1. The van der Waals surface area contributed by atoms with Crippen LogP contribution in [-0.2, 0) is 6.42 Å². The molecule has 1 aromatic rings. The lowest BCUT2D eigenvalue weighted by atomic mass is 9.83. The Kier molecular flexibility index (Phi) is 3.98. The van der Waals surface area contributed by atoms with Crippen molar-refractivity contribution in [3.8, 4) is 0 Å². The molecular weight excluding hydrogens is 271 g/mol. The van der Waals surface area contributed by atoms with E-state index in [4.69, 9.17) is 0 Å². The van der Waals surface area contributed by atoms with Crippen LogP contribution in [0.2, 0.25) is 0 Å². The van der Waals surface area contributed by atoms with Crippen molar-refractivity contribution >= 4 is 15.9 Å². The van der Waals surface area contributed by atoms with Crippen LogP contribution in [0.4, 0.5) is 4.39 Å². The van der Waals surface area contributed by atoms with Gasteiger partial charge in [0.2, 0.25) is 0 Å². The molecule has 2 unspecified atom stereocenters. The fourth-order valence-corrected chi connectivity index (χ4v) is 2.87. The van der Waals surface area contributed by atoms with Crippen molar-refractivity contribution in [1.29, 1.82) is 0 Å². The Morgan fingerprint density at radius 3 is 2.94 bits per heavy atom. The van der Waals surface area contributed by atoms with Crippen LogP contribution >= 0.6 is 15.9 Å². The van der Waals surface area contributed by atoms with Crippen LogP contribution < -0.4 is 0 Å². The van der Waals surface area contributed by atoms with Gasteiger partial charge in [-0.15, -0.1) is 0 Å². The Balaban J connectivity index is 2.05. The summed E-state index contributed by atoms with van der Waals surface area (Å²) in [6.45, 7) is 0. The SMILES string of the molecule is OC1CCCC(Cc2cc(Br)ccc2F)C1. The molecule has 1 N–H and O–H groups in total. The first-order valence-corrected chi connectivity index (χ1v) is 6.56. The maximum Gasteiger partial charge on any atom is 0.126 e. The quantitative estimate of drug-likeness (QED) is 0.879. The summed E-state index contributed by atoms with van der Waals surface area (Å²) in [5.74, 6) is 0.288. The molecule has 1 aromatic carbocycles. The van der Waals surface area contributed by atoms with Crippen molar-refractivity contribution < 1.29 is 9.50 Å². The maximum absolute atomic E-state index is 13.5. The molecule has 0 saturated heterocycles. The lowest BCUT2D eigenvalue weighted by Gasteiger charge is -2.25. The zero-order chi connectivity index (χ0) is 11.5. The average molecular weight is 287 g/mol. The maximum atomic E-state index is 13.5. The molecule has 2 rings (SSSR count). The van der Waals surface area contributed by atoms with Gasteiger partial charge in [-0.3, -0.25) is 0 Å². The fourth-order valence-electron chi connectivity index (χ4n) is 2.46. The van der Waals surface area contributed by atoms with Gasteiger partial charge in [0, 0.05) is 4.47 Å². The van der Waals surface area contributed by atoms with E-state index < -0.39 is 0 Å².